The SMILES string of the molecule is Cc1cccc(NCC(=O)Nc2ccccc2F)c1C. The minimum absolute atomic E-state index is 0.0959. The van der Waals surface area contributed by atoms with E-state index in [4.69, 9.17) is 0 Å². The first-order valence-corrected chi connectivity index (χ1v) is 6.42. The summed E-state index contributed by atoms with van der Waals surface area (Å²) in [4.78, 5) is 11.8. The number of nitrogens with one attached hydrogen (secondary N) is 2. The second kappa shape index (κ2) is 6.19. The van der Waals surface area contributed by atoms with Gasteiger partial charge in [0.1, 0.15) is 5.82 Å². The Morgan fingerprint density at radius 1 is 1.05 bits per heavy atom. The van der Waals surface area contributed by atoms with Crippen molar-refractivity contribution in [3.63, 3.8) is 0 Å². The maximum atomic E-state index is 13.4. The molecule has 0 aromatic heterocycles. The lowest BCUT2D eigenvalue weighted by Gasteiger charge is -2.11. The van der Waals surface area contributed by atoms with Crippen molar-refractivity contribution < 1.29 is 9.18 Å². The molecule has 0 fully saturated rings. The lowest BCUT2D eigenvalue weighted by atomic mass is 10.1. The van der Waals surface area contributed by atoms with Crippen LogP contribution in [0.5, 0.6) is 0 Å². The Kier molecular flexibility index (Phi) is 4.35. The normalized spacial score (nSPS) is 10.2. The molecule has 0 saturated carbocycles. The van der Waals surface area contributed by atoms with Gasteiger partial charge in [-0.3, -0.25) is 4.79 Å². The van der Waals surface area contributed by atoms with E-state index in [1.54, 1.807) is 12.1 Å². The number of amides is 1. The molecule has 1 amide bonds. The molecule has 0 radical (unpaired) electrons. The summed E-state index contributed by atoms with van der Waals surface area (Å²) >= 11 is 0. The molecule has 3 nitrogen and oxygen atoms in total. The molecule has 2 aromatic rings. The van der Waals surface area contributed by atoms with E-state index in [1.165, 1.54) is 12.1 Å². The molecule has 0 bridgehead atoms. The van der Waals surface area contributed by atoms with Crippen molar-refractivity contribution in [2.45, 2.75) is 13.8 Å². The van der Waals surface area contributed by atoms with Crippen LogP contribution in [0.15, 0.2) is 42.5 Å². The van der Waals surface area contributed by atoms with E-state index in [0.29, 0.717) is 0 Å². The van der Waals surface area contributed by atoms with E-state index in [0.717, 1.165) is 16.8 Å². The van der Waals surface area contributed by atoms with Crippen LogP contribution in [0.1, 0.15) is 11.1 Å². The summed E-state index contributed by atoms with van der Waals surface area (Å²) < 4.78 is 13.4. The fourth-order valence-electron chi connectivity index (χ4n) is 1.88. The van der Waals surface area contributed by atoms with Crippen molar-refractivity contribution in [1.82, 2.24) is 0 Å². The number of hydrogen-bond donors (Lipinski definition) is 2. The molecule has 0 aliphatic rings. The Bertz CT molecular complexity index is 626. The van der Waals surface area contributed by atoms with Crippen molar-refractivity contribution in [3.8, 4) is 0 Å². The van der Waals surface area contributed by atoms with E-state index >= 15 is 0 Å². The lowest BCUT2D eigenvalue weighted by Crippen LogP contribution is -2.22. The molecule has 104 valence electrons. The van der Waals surface area contributed by atoms with Gasteiger partial charge < -0.3 is 10.6 Å². The molecule has 0 aliphatic heterocycles. The van der Waals surface area contributed by atoms with Crippen LogP contribution < -0.4 is 10.6 Å². The van der Waals surface area contributed by atoms with E-state index in [-0.39, 0.29) is 18.1 Å². The molecule has 0 aliphatic carbocycles. The molecule has 2 aromatic carbocycles. The molecule has 0 spiro atoms. The van der Waals surface area contributed by atoms with Gasteiger partial charge in [-0.15, -0.1) is 0 Å². The predicted molar refractivity (Wildman–Crippen MR) is 79.4 cm³/mol. The summed E-state index contributed by atoms with van der Waals surface area (Å²) in [6.45, 7) is 4.10. The predicted octanol–water partition coefficient (Wildman–Crippen LogP) is 3.49. The van der Waals surface area contributed by atoms with Crippen LogP contribution in [0.4, 0.5) is 15.8 Å². The van der Waals surface area contributed by atoms with Crippen molar-refractivity contribution in [2.24, 2.45) is 0 Å². The lowest BCUT2D eigenvalue weighted by molar-refractivity contribution is -0.114. The second-order valence-electron chi connectivity index (χ2n) is 4.63. The zero-order chi connectivity index (χ0) is 14.5. The van der Waals surface area contributed by atoms with Gasteiger partial charge in [0, 0.05) is 5.69 Å². The minimum Gasteiger partial charge on any atom is -0.376 e. The van der Waals surface area contributed by atoms with Crippen molar-refractivity contribution >= 4 is 17.3 Å². The number of hydrogen-bond acceptors (Lipinski definition) is 2. The van der Waals surface area contributed by atoms with Crippen molar-refractivity contribution in [3.05, 3.63) is 59.4 Å². The average Bonchev–Trinajstić information content (AvgIpc) is 2.43. The summed E-state index contributed by atoms with van der Waals surface area (Å²) in [5.74, 6) is -0.719. The van der Waals surface area contributed by atoms with E-state index in [2.05, 4.69) is 10.6 Å². The zero-order valence-corrected chi connectivity index (χ0v) is 11.5. The summed E-state index contributed by atoms with van der Waals surface area (Å²) in [6.07, 6.45) is 0. The first kappa shape index (κ1) is 14.1. The maximum Gasteiger partial charge on any atom is 0.243 e. The van der Waals surface area contributed by atoms with Crippen LogP contribution in [0.25, 0.3) is 0 Å². The number of carbonyl (C=O) groups excluding carboxylic acids is 1. The number of aryl methyl sites for hydroxylation is 1. The maximum absolute atomic E-state index is 13.4. The number of rotatable bonds is 4. The van der Waals surface area contributed by atoms with E-state index in [1.807, 2.05) is 32.0 Å². The Morgan fingerprint density at radius 2 is 1.75 bits per heavy atom. The smallest absolute Gasteiger partial charge is 0.243 e. The van der Waals surface area contributed by atoms with Crippen LogP contribution >= 0.6 is 0 Å². The van der Waals surface area contributed by atoms with Gasteiger partial charge in [-0.2, -0.15) is 0 Å². The minimum atomic E-state index is -0.437. The van der Waals surface area contributed by atoms with Gasteiger partial charge in [-0.25, -0.2) is 4.39 Å². The molecular weight excluding hydrogens is 255 g/mol. The van der Waals surface area contributed by atoms with E-state index < -0.39 is 5.82 Å². The number of halogens is 1. The molecule has 0 saturated heterocycles. The summed E-state index contributed by atoms with van der Waals surface area (Å²) in [5, 5.41) is 5.60. The third-order valence-electron chi connectivity index (χ3n) is 3.19. The third kappa shape index (κ3) is 3.35. The fraction of sp³-hybridized carbons (Fsp3) is 0.188. The molecule has 0 unspecified atom stereocenters. The van der Waals surface area contributed by atoms with Gasteiger partial charge in [-0.1, -0.05) is 24.3 Å². The Morgan fingerprint density at radius 3 is 2.50 bits per heavy atom. The topological polar surface area (TPSA) is 41.1 Å². The van der Waals surface area contributed by atoms with Crippen molar-refractivity contribution in [2.75, 3.05) is 17.2 Å². The Labute approximate surface area is 117 Å². The molecular formula is C16H17FN2O. The van der Waals surface area contributed by atoms with Gasteiger partial charge in [0.2, 0.25) is 5.91 Å². The van der Waals surface area contributed by atoms with Crippen LogP contribution in [-0.2, 0) is 4.79 Å². The highest BCUT2D eigenvalue weighted by Crippen LogP contribution is 2.18. The second-order valence-corrected chi connectivity index (χ2v) is 4.63. The van der Waals surface area contributed by atoms with Crippen LogP contribution in [0.3, 0.4) is 0 Å². The third-order valence-corrected chi connectivity index (χ3v) is 3.19. The monoisotopic (exact) mass is 272 g/mol. The first-order valence-electron chi connectivity index (χ1n) is 6.42. The van der Waals surface area contributed by atoms with Crippen LogP contribution in [-0.4, -0.2) is 12.5 Å². The Balaban J connectivity index is 1.96. The van der Waals surface area contributed by atoms with Gasteiger partial charge in [-0.05, 0) is 43.2 Å². The summed E-state index contributed by atoms with van der Waals surface area (Å²) in [5.41, 5.74) is 3.37. The number of benzene rings is 2. The van der Waals surface area contributed by atoms with Crippen LogP contribution in [0, 0.1) is 19.7 Å². The highest BCUT2D eigenvalue weighted by atomic mass is 19.1. The van der Waals surface area contributed by atoms with E-state index in [9.17, 15) is 9.18 Å². The quantitative estimate of drug-likeness (QED) is 0.894. The summed E-state index contributed by atoms with van der Waals surface area (Å²) in [6, 6.07) is 12.0. The highest BCUT2D eigenvalue weighted by molar-refractivity contribution is 5.93. The molecule has 2 rings (SSSR count). The molecule has 4 heteroatoms. The van der Waals surface area contributed by atoms with Crippen LogP contribution in [0.2, 0.25) is 0 Å². The number of anilines is 2. The molecule has 0 atom stereocenters. The van der Waals surface area contributed by atoms with Gasteiger partial charge in [0.25, 0.3) is 0 Å². The largest absolute Gasteiger partial charge is 0.376 e. The first-order chi connectivity index (χ1) is 9.58. The fourth-order valence-corrected chi connectivity index (χ4v) is 1.88. The standard InChI is InChI=1S/C16H17FN2O/c1-11-6-5-9-14(12(11)2)18-10-16(20)19-15-8-4-3-7-13(15)17/h3-9,18H,10H2,1-2H3,(H,19,20). The zero-order valence-electron chi connectivity index (χ0n) is 11.5. The molecule has 2 N–H and O–H groups in total. The Hall–Kier alpha value is -2.36. The number of para-hydroxylation sites is 1. The number of carbonyl (C=O) groups is 1. The highest BCUT2D eigenvalue weighted by Gasteiger charge is 2.07. The van der Waals surface area contributed by atoms with Gasteiger partial charge in [0.05, 0.1) is 12.2 Å². The van der Waals surface area contributed by atoms with Crippen molar-refractivity contribution in [1.29, 1.82) is 0 Å². The van der Waals surface area contributed by atoms with Gasteiger partial charge in [0.15, 0.2) is 0 Å². The van der Waals surface area contributed by atoms with Gasteiger partial charge >= 0.3 is 0 Å². The summed E-state index contributed by atoms with van der Waals surface area (Å²) in [7, 11) is 0. The molecule has 0 heterocycles. The molecule has 20 heavy (non-hydrogen) atoms. The average molecular weight is 272 g/mol.